The molecule has 2 nitrogen and oxygen atoms in total. The van der Waals surface area contributed by atoms with Gasteiger partial charge in [-0.2, -0.15) is 5.26 Å². The molecule has 0 N–H and O–H groups in total. The smallest absolute Gasteiger partial charge is 0.187 e. The SMILES string of the molecule is Cc1ccc(C(C#N)C(=O)c2cc(Cl)ccc2F)cc1C. The van der Waals surface area contributed by atoms with Crippen LogP contribution in [-0.2, 0) is 0 Å². The summed E-state index contributed by atoms with van der Waals surface area (Å²) in [6.45, 7) is 3.84. The van der Waals surface area contributed by atoms with Crippen LogP contribution >= 0.6 is 11.6 Å². The molecule has 0 aliphatic carbocycles. The fourth-order valence-electron chi connectivity index (χ4n) is 2.07. The van der Waals surface area contributed by atoms with Gasteiger partial charge in [0.25, 0.3) is 0 Å². The Morgan fingerprint density at radius 2 is 1.90 bits per heavy atom. The standard InChI is InChI=1S/C17H13ClFNO/c1-10-3-4-12(7-11(10)2)15(9-20)17(21)14-8-13(18)5-6-16(14)19/h3-8,15H,1-2H3. The van der Waals surface area contributed by atoms with Crippen molar-refractivity contribution in [2.24, 2.45) is 0 Å². The molecule has 1 unspecified atom stereocenters. The molecule has 0 spiro atoms. The Balaban J connectivity index is 2.46. The van der Waals surface area contributed by atoms with Crippen LogP contribution in [0, 0.1) is 31.0 Å². The molecule has 0 heterocycles. The molecule has 0 amide bonds. The lowest BCUT2D eigenvalue weighted by molar-refractivity contribution is 0.0975. The second-order valence-electron chi connectivity index (χ2n) is 4.89. The van der Waals surface area contributed by atoms with Crippen molar-refractivity contribution < 1.29 is 9.18 Å². The van der Waals surface area contributed by atoms with Gasteiger partial charge in [0.05, 0.1) is 11.6 Å². The van der Waals surface area contributed by atoms with Gasteiger partial charge < -0.3 is 0 Å². The molecule has 2 rings (SSSR count). The van der Waals surface area contributed by atoms with Gasteiger partial charge in [-0.25, -0.2) is 4.39 Å². The third-order valence-electron chi connectivity index (χ3n) is 3.45. The second-order valence-corrected chi connectivity index (χ2v) is 5.33. The van der Waals surface area contributed by atoms with Crippen molar-refractivity contribution in [2.75, 3.05) is 0 Å². The number of halogens is 2. The molecule has 1 atom stereocenters. The predicted octanol–water partition coefficient (Wildman–Crippen LogP) is 4.59. The normalized spacial score (nSPS) is 11.8. The van der Waals surface area contributed by atoms with Crippen LogP contribution in [0.4, 0.5) is 4.39 Å². The maximum absolute atomic E-state index is 13.8. The Morgan fingerprint density at radius 1 is 1.19 bits per heavy atom. The van der Waals surface area contributed by atoms with Gasteiger partial charge in [0, 0.05) is 5.02 Å². The predicted molar refractivity (Wildman–Crippen MR) is 80.0 cm³/mol. The summed E-state index contributed by atoms with van der Waals surface area (Å²) < 4.78 is 13.8. The molecule has 0 saturated carbocycles. The summed E-state index contributed by atoms with van der Waals surface area (Å²) in [5.74, 6) is -2.30. The monoisotopic (exact) mass is 301 g/mol. The van der Waals surface area contributed by atoms with E-state index in [0.717, 1.165) is 17.2 Å². The number of carbonyl (C=O) groups is 1. The molecule has 2 aromatic rings. The number of rotatable bonds is 3. The fraction of sp³-hybridized carbons (Fsp3) is 0.176. The molecular weight excluding hydrogens is 289 g/mol. The quantitative estimate of drug-likeness (QED) is 0.778. The number of Topliss-reactive ketones (excluding diaryl/α,β-unsaturated/α-hetero) is 1. The van der Waals surface area contributed by atoms with Gasteiger partial charge in [-0.05, 0) is 48.7 Å². The molecule has 0 saturated heterocycles. The maximum atomic E-state index is 13.8. The van der Waals surface area contributed by atoms with E-state index >= 15 is 0 Å². The van der Waals surface area contributed by atoms with E-state index in [4.69, 9.17) is 11.6 Å². The number of hydrogen-bond acceptors (Lipinski definition) is 2. The number of nitriles is 1. The van der Waals surface area contributed by atoms with Gasteiger partial charge in [-0.1, -0.05) is 29.8 Å². The van der Waals surface area contributed by atoms with Crippen LogP contribution in [0.2, 0.25) is 5.02 Å². The lowest BCUT2D eigenvalue weighted by Crippen LogP contribution is -2.13. The van der Waals surface area contributed by atoms with Gasteiger partial charge in [-0.15, -0.1) is 0 Å². The first-order valence-corrected chi connectivity index (χ1v) is 6.78. The molecule has 0 aliphatic heterocycles. The molecule has 0 aliphatic rings. The Hall–Kier alpha value is -2.18. The fourth-order valence-corrected chi connectivity index (χ4v) is 2.24. The van der Waals surface area contributed by atoms with Gasteiger partial charge in [0.1, 0.15) is 11.7 Å². The first-order valence-electron chi connectivity index (χ1n) is 6.40. The molecule has 0 aromatic heterocycles. The summed E-state index contributed by atoms with van der Waals surface area (Å²) in [6.07, 6.45) is 0. The maximum Gasteiger partial charge on any atom is 0.187 e. The van der Waals surface area contributed by atoms with Crippen LogP contribution in [0.1, 0.15) is 33.0 Å². The molecule has 0 radical (unpaired) electrons. The number of hydrogen-bond donors (Lipinski definition) is 0. The van der Waals surface area contributed by atoms with E-state index in [2.05, 4.69) is 0 Å². The van der Waals surface area contributed by atoms with E-state index in [1.54, 1.807) is 12.1 Å². The Morgan fingerprint density at radius 3 is 2.52 bits per heavy atom. The minimum absolute atomic E-state index is 0.160. The van der Waals surface area contributed by atoms with Crippen molar-refractivity contribution in [2.45, 2.75) is 19.8 Å². The van der Waals surface area contributed by atoms with Crippen molar-refractivity contribution in [1.29, 1.82) is 5.26 Å². The number of ketones is 1. The highest BCUT2D eigenvalue weighted by Gasteiger charge is 2.24. The van der Waals surface area contributed by atoms with Gasteiger partial charge in [-0.3, -0.25) is 4.79 Å². The number of carbonyl (C=O) groups excluding carboxylic acids is 1. The summed E-state index contributed by atoms with van der Waals surface area (Å²) in [5.41, 5.74) is 2.45. The van der Waals surface area contributed by atoms with Crippen molar-refractivity contribution in [3.63, 3.8) is 0 Å². The molecule has 106 valence electrons. The summed E-state index contributed by atoms with van der Waals surface area (Å²) in [6, 6.07) is 11.0. The lowest BCUT2D eigenvalue weighted by atomic mass is 9.90. The summed E-state index contributed by atoms with van der Waals surface area (Å²) in [4.78, 5) is 12.4. The van der Waals surface area contributed by atoms with Crippen LogP contribution in [-0.4, -0.2) is 5.78 Å². The van der Waals surface area contributed by atoms with Crippen molar-refractivity contribution in [3.8, 4) is 6.07 Å². The zero-order chi connectivity index (χ0) is 15.6. The molecule has 2 aromatic carbocycles. The van der Waals surface area contributed by atoms with Crippen LogP contribution in [0.3, 0.4) is 0 Å². The zero-order valence-electron chi connectivity index (χ0n) is 11.7. The van der Waals surface area contributed by atoms with Crippen molar-refractivity contribution >= 4 is 17.4 Å². The number of aryl methyl sites for hydroxylation is 2. The molecule has 4 heteroatoms. The number of benzene rings is 2. The van der Waals surface area contributed by atoms with E-state index in [1.807, 2.05) is 26.0 Å². The first-order chi connectivity index (χ1) is 9.93. The average molecular weight is 302 g/mol. The molecule has 0 fully saturated rings. The first kappa shape index (κ1) is 15.2. The Kier molecular flexibility index (Phi) is 4.40. The van der Waals surface area contributed by atoms with Crippen LogP contribution in [0.15, 0.2) is 36.4 Å². The molecule has 21 heavy (non-hydrogen) atoms. The van der Waals surface area contributed by atoms with E-state index < -0.39 is 17.5 Å². The van der Waals surface area contributed by atoms with Crippen LogP contribution < -0.4 is 0 Å². The van der Waals surface area contributed by atoms with E-state index in [1.165, 1.54) is 12.1 Å². The van der Waals surface area contributed by atoms with E-state index in [9.17, 15) is 14.4 Å². The highest BCUT2D eigenvalue weighted by molar-refractivity contribution is 6.31. The third kappa shape index (κ3) is 3.12. The van der Waals surface area contributed by atoms with Gasteiger partial charge >= 0.3 is 0 Å². The average Bonchev–Trinajstić information content (AvgIpc) is 2.46. The van der Waals surface area contributed by atoms with Crippen molar-refractivity contribution in [3.05, 3.63) is 69.5 Å². The molecular formula is C17H13ClFNO. The molecule has 0 bridgehead atoms. The van der Waals surface area contributed by atoms with Crippen LogP contribution in [0.5, 0.6) is 0 Å². The van der Waals surface area contributed by atoms with E-state index in [0.29, 0.717) is 5.56 Å². The highest BCUT2D eigenvalue weighted by atomic mass is 35.5. The zero-order valence-corrected chi connectivity index (χ0v) is 12.4. The highest BCUT2D eigenvalue weighted by Crippen LogP contribution is 2.25. The Labute approximate surface area is 127 Å². The largest absolute Gasteiger partial charge is 0.292 e. The van der Waals surface area contributed by atoms with Crippen molar-refractivity contribution in [1.82, 2.24) is 0 Å². The van der Waals surface area contributed by atoms with Crippen LogP contribution in [0.25, 0.3) is 0 Å². The summed E-state index contributed by atoms with van der Waals surface area (Å²) in [5, 5.41) is 9.57. The van der Waals surface area contributed by atoms with Gasteiger partial charge in [0.2, 0.25) is 0 Å². The summed E-state index contributed by atoms with van der Waals surface area (Å²) >= 11 is 5.80. The lowest BCUT2D eigenvalue weighted by Gasteiger charge is -2.11. The minimum Gasteiger partial charge on any atom is -0.292 e. The second kappa shape index (κ2) is 6.07. The Bertz CT molecular complexity index is 749. The van der Waals surface area contributed by atoms with E-state index in [-0.39, 0.29) is 10.6 Å². The topological polar surface area (TPSA) is 40.9 Å². The third-order valence-corrected chi connectivity index (χ3v) is 3.68. The minimum atomic E-state index is -1.04. The number of nitrogens with zero attached hydrogens (tertiary/aromatic N) is 1. The van der Waals surface area contributed by atoms with Gasteiger partial charge in [0.15, 0.2) is 5.78 Å². The summed E-state index contributed by atoms with van der Waals surface area (Å²) in [7, 11) is 0.